The summed E-state index contributed by atoms with van der Waals surface area (Å²) in [6, 6.07) is 1.34. The second kappa shape index (κ2) is 4.42. The predicted molar refractivity (Wildman–Crippen MR) is 65.1 cm³/mol. The number of nitrogens with zero attached hydrogens (tertiary/aromatic N) is 1. The highest BCUT2D eigenvalue weighted by atomic mass is 15.2. The van der Waals surface area contributed by atoms with Crippen molar-refractivity contribution < 1.29 is 0 Å². The molecule has 15 heavy (non-hydrogen) atoms. The van der Waals surface area contributed by atoms with E-state index in [9.17, 15) is 0 Å². The Labute approximate surface area is 94.4 Å². The molecule has 1 saturated carbocycles. The van der Waals surface area contributed by atoms with Gasteiger partial charge in [-0.05, 0) is 58.0 Å². The highest BCUT2D eigenvalue weighted by Crippen LogP contribution is 2.48. The lowest BCUT2D eigenvalue weighted by atomic mass is 10.00. The zero-order chi connectivity index (χ0) is 10.9. The zero-order valence-electron chi connectivity index (χ0n) is 10.6. The molecule has 88 valence electrons. The largest absolute Gasteiger partial charge is 0.310 e. The SMILES string of the molecule is CC(CN1CCCC1)NC(C)C1(C)CC1. The van der Waals surface area contributed by atoms with Crippen molar-refractivity contribution in [3.05, 3.63) is 0 Å². The Balaban J connectivity index is 1.69. The second-order valence-corrected chi connectivity index (χ2v) is 5.95. The summed E-state index contributed by atoms with van der Waals surface area (Å²) in [7, 11) is 0. The van der Waals surface area contributed by atoms with Crippen LogP contribution in [-0.2, 0) is 0 Å². The molecule has 2 nitrogen and oxygen atoms in total. The summed E-state index contributed by atoms with van der Waals surface area (Å²) in [5.74, 6) is 0. The van der Waals surface area contributed by atoms with Gasteiger partial charge in [-0.15, -0.1) is 0 Å². The quantitative estimate of drug-likeness (QED) is 0.749. The molecule has 1 heterocycles. The maximum Gasteiger partial charge on any atom is 0.0169 e. The van der Waals surface area contributed by atoms with Gasteiger partial charge >= 0.3 is 0 Å². The third-order valence-electron chi connectivity index (χ3n) is 4.35. The fourth-order valence-corrected chi connectivity index (χ4v) is 2.66. The van der Waals surface area contributed by atoms with Crippen LogP contribution in [0.15, 0.2) is 0 Å². The van der Waals surface area contributed by atoms with Crippen molar-refractivity contribution >= 4 is 0 Å². The third kappa shape index (κ3) is 2.94. The molecule has 2 atom stereocenters. The fourth-order valence-electron chi connectivity index (χ4n) is 2.66. The van der Waals surface area contributed by atoms with Crippen LogP contribution >= 0.6 is 0 Å². The van der Waals surface area contributed by atoms with E-state index in [1.54, 1.807) is 0 Å². The lowest BCUT2D eigenvalue weighted by Gasteiger charge is -2.27. The van der Waals surface area contributed by atoms with Gasteiger partial charge in [-0.25, -0.2) is 0 Å². The summed E-state index contributed by atoms with van der Waals surface area (Å²) in [6.45, 7) is 11.0. The maximum atomic E-state index is 3.77. The Kier molecular flexibility index (Phi) is 3.36. The summed E-state index contributed by atoms with van der Waals surface area (Å²) in [4.78, 5) is 2.60. The molecule has 0 amide bonds. The van der Waals surface area contributed by atoms with Crippen LogP contribution in [0.25, 0.3) is 0 Å². The lowest BCUT2D eigenvalue weighted by molar-refractivity contribution is 0.265. The van der Waals surface area contributed by atoms with Crippen LogP contribution in [0.5, 0.6) is 0 Å². The van der Waals surface area contributed by atoms with Gasteiger partial charge in [0.1, 0.15) is 0 Å². The van der Waals surface area contributed by atoms with E-state index in [-0.39, 0.29) is 0 Å². The first-order valence-corrected chi connectivity index (χ1v) is 6.58. The molecule has 2 heteroatoms. The summed E-state index contributed by atoms with van der Waals surface area (Å²) in [5.41, 5.74) is 0.610. The molecule has 1 aliphatic heterocycles. The van der Waals surface area contributed by atoms with Gasteiger partial charge in [0, 0.05) is 18.6 Å². The van der Waals surface area contributed by atoms with Crippen LogP contribution in [0.4, 0.5) is 0 Å². The molecule has 0 radical (unpaired) electrons. The molecule has 2 rings (SSSR count). The van der Waals surface area contributed by atoms with Crippen molar-refractivity contribution in [3.8, 4) is 0 Å². The van der Waals surface area contributed by atoms with Crippen LogP contribution in [0.3, 0.4) is 0 Å². The Hall–Kier alpha value is -0.0800. The van der Waals surface area contributed by atoms with Gasteiger partial charge in [0.2, 0.25) is 0 Å². The first kappa shape index (κ1) is 11.4. The zero-order valence-corrected chi connectivity index (χ0v) is 10.6. The standard InChI is InChI=1S/C13H26N2/c1-11(10-15-8-4-5-9-15)14-12(2)13(3)6-7-13/h11-12,14H,4-10H2,1-3H3. The summed E-state index contributed by atoms with van der Waals surface area (Å²) >= 11 is 0. The van der Waals surface area contributed by atoms with E-state index >= 15 is 0 Å². The average Bonchev–Trinajstić information content (AvgIpc) is 2.74. The Bertz CT molecular complexity index is 205. The molecule has 1 N–H and O–H groups in total. The van der Waals surface area contributed by atoms with Crippen LogP contribution in [-0.4, -0.2) is 36.6 Å². The highest BCUT2D eigenvalue weighted by molar-refractivity contribution is 4.97. The van der Waals surface area contributed by atoms with Crippen LogP contribution in [0, 0.1) is 5.41 Å². The molecular weight excluding hydrogens is 184 g/mol. The summed E-state index contributed by atoms with van der Waals surface area (Å²) in [6.07, 6.45) is 5.63. The van der Waals surface area contributed by atoms with E-state index < -0.39 is 0 Å². The maximum absolute atomic E-state index is 3.77. The van der Waals surface area contributed by atoms with Gasteiger partial charge in [0.25, 0.3) is 0 Å². The van der Waals surface area contributed by atoms with Gasteiger partial charge in [-0.1, -0.05) is 6.92 Å². The normalized spacial score (nSPS) is 29.0. The smallest absolute Gasteiger partial charge is 0.0169 e. The van der Waals surface area contributed by atoms with Gasteiger partial charge in [0.15, 0.2) is 0 Å². The molecule has 0 aromatic carbocycles. The summed E-state index contributed by atoms with van der Waals surface area (Å²) < 4.78 is 0. The van der Waals surface area contributed by atoms with Crippen LogP contribution in [0.1, 0.15) is 46.5 Å². The van der Waals surface area contributed by atoms with E-state index in [4.69, 9.17) is 0 Å². The molecule has 2 aliphatic rings. The number of likely N-dealkylation sites (tertiary alicyclic amines) is 1. The first-order chi connectivity index (χ1) is 7.10. The number of nitrogens with one attached hydrogen (secondary N) is 1. The monoisotopic (exact) mass is 210 g/mol. The molecule has 1 saturated heterocycles. The molecule has 2 fully saturated rings. The van der Waals surface area contributed by atoms with Crippen molar-refractivity contribution in [2.75, 3.05) is 19.6 Å². The van der Waals surface area contributed by atoms with Gasteiger partial charge < -0.3 is 10.2 Å². The molecular formula is C13H26N2. The topological polar surface area (TPSA) is 15.3 Å². The van der Waals surface area contributed by atoms with Crippen molar-refractivity contribution in [2.45, 2.75) is 58.5 Å². The fraction of sp³-hybridized carbons (Fsp3) is 1.00. The third-order valence-corrected chi connectivity index (χ3v) is 4.35. The van der Waals surface area contributed by atoms with Crippen LogP contribution in [0.2, 0.25) is 0 Å². The molecule has 1 aliphatic carbocycles. The molecule has 0 bridgehead atoms. The predicted octanol–water partition coefficient (Wildman–Crippen LogP) is 2.25. The van der Waals surface area contributed by atoms with Gasteiger partial charge in [0.05, 0.1) is 0 Å². The van der Waals surface area contributed by atoms with Crippen molar-refractivity contribution in [1.29, 1.82) is 0 Å². The molecule has 0 aromatic rings. The van der Waals surface area contributed by atoms with E-state index in [1.807, 2.05) is 0 Å². The highest BCUT2D eigenvalue weighted by Gasteiger charge is 2.42. The Morgan fingerprint density at radius 3 is 2.33 bits per heavy atom. The lowest BCUT2D eigenvalue weighted by Crippen LogP contribution is -2.45. The Morgan fingerprint density at radius 1 is 1.20 bits per heavy atom. The van der Waals surface area contributed by atoms with E-state index in [2.05, 4.69) is 31.0 Å². The van der Waals surface area contributed by atoms with Gasteiger partial charge in [-0.3, -0.25) is 0 Å². The molecule has 2 unspecified atom stereocenters. The van der Waals surface area contributed by atoms with E-state index in [0.29, 0.717) is 17.5 Å². The molecule has 0 aromatic heterocycles. The number of rotatable bonds is 5. The first-order valence-electron chi connectivity index (χ1n) is 6.58. The van der Waals surface area contributed by atoms with Crippen molar-refractivity contribution in [2.24, 2.45) is 5.41 Å². The van der Waals surface area contributed by atoms with Gasteiger partial charge in [-0.2, -0.15) is 0 Å². The van der Waals surface area contributed by atoms with E-state index in [1.165, 1.54) is 45.3 Å². The number of hydrogen-bond acceptors (Lipinski definition) is 2. The number of hydrogen-bond donors (Lipinski definition) is 1. The minimum atomic E-state index is 0.610. The second-order valence-electron chi connectivity index (χ2n) is 5.95. The van der Waals surface area contributed by atoms with E-state index in [0.717, 1.165) is 0 Å². The van der Waals surface area contributed by atoms with Crippen molar-refractivity contribution in [1.82, 2.24) is 10.2 Å². The molecule has 0 spiro atoms. The average molecular weight is 210 g/mol. The minimum absolute atomic E-state index is 0.610. The Morgan fingerprint density at radius 2 is 1.80 bits per heavy atom. The van der Waals surface area contributed by atoms with Crippen LogP contribution < -0.4 is 5.32 Å². The van der Waals surface area contributed by atoms with Crippen molar-refractivity contribution in [3.63, 3.8) is 0 Å². The summed E-state index contributed by atoms with van der Waals surface area (Å²) in [5, 5.41) is 3.77. The minimum Gasteiger partial charge on any atom is -0.310 e.